The molecule has 0 aliphatic heterocycles. The zero-order valence-corrected chi connectivity index (χ0v) is 16.0. The Bertz CT molecular complexity index is 1320. The summed E-state index contributed by atoms with van der Waals surface area (Å²) in [6, 6.07) is 18.7. The summed E-state index contributed by atoms with van der Waals surface area (Å²) in [5.41, 5.74) is 2.91. The molecule has 1 aliphatic rings. The Labute approximate surface area is 159 Å². The van der Waals surface area contributed by atoms with Crippen molar-refractivity contribution in [3.63, 3.8) is 0 Å². The van der Waals surface area contributed by atoms with E-state index in [0.717, 1.165) is 6.42 Å². The molecular weight excluding hydrogens is 352 g/mol. The summed E-state index contributed by atoms with van der Waals surface area (Å²) < 4.78 is 2.75. The lowest BCUT2D eigenvalue weighted by Crippen LogP contribution is -1.77. The van der Waals surface area contributed by atoms with E-state index in [1.807, 2.05) is 22.7 Å². The maximum Gasteiger partial charge on any atom is 0.0355 e. The van der Waals surface area contributed by atoms with Crippen LogP contribution in [0.2, 0.25) is 0 Å². The van der Waals surface area contributed by atoms with Crippen molar-refractivity contribution in [2.24, 2.45) is 0 Å². The van der Waals surface area contributed by atoms with Crippen LogP contribution in [0.3, 0.4) is 0 Å². The van der Waals surface area contributed by atoms with E-state index in [1.54, 1.807) is 0 Å². The van der Waals surface area contributed by atoms with Gasteiger partial charge >= 0.3 is 0 Å². The number of thiophene rings is 2. The molecule has 0 saturated heterocycles. The molecular formula is C24H16S2. The molecule has 0 amide bonds. The average molecular weight is 369 g/mol. The first-order chi connectivity index (χ1) is 12.7. The predicted octanol–water partition coefficient (Wildman–Crippen LogP) is 8.16. The molecule has 0 spiro atoms. The van der Waals surface area contributed by atoms with Crippen LogP contribution in [0.1, 0.15) is 18.2 Å². The summed E-state index contributed by atoms with van der Waals surface area (Å²) in [6.07, 6.45) is 5.61. The Kier molecular flexibility index (Phi) is 3.00. The zero-order valence-electron chi connectivity index (χ0n) is 14.4. The van der Waals surface area contributed by atoms with Gasteiger partial charge in [-0.25, -0.2) is 0 Å². The molecule has 0 nitrogen and oxygen atoms in total. The van der Waals surface area contributed by atoms with E-state index in [9.17, 15) is 0 Å². The van der Waals surface area contributed by atoms with Crippen LogP contribution >= 0.6 is 22.7 Å². The molecule has 2 heteroatoms. The lowest BCUT2D eigenvalue weighted by molar-refractivity contribution is 1.27. The number of allylic oxidation sites excluding steroid dienone is 4. The normalized spacial score (nSPS) is 14.7. The second-order valence-electron chi connectivity index (χ2n) is 7.24. The van der Waals surface area contributed by atoms with Crippen molar-refractivity contribution in [1.29, 1.82) is 0 Å². The van der Waals surface area contributed by atoms with Crippen molar-refractivity contribution < 1.29 is 0 Å². The average Bonchev–Trinajstić information content (AvgIpc) is 3.34. The molecule has 0 unspecified atom stereocenters. The van der Waals surface area contributed by atoms with Crippen LogP contribution in [-0.2, 0) is 0 Å². The summed E-state index contributed by atoms with van der Waals surface area (Å²) in [6.45, 7) is 2.21. The second kappa shape index (κ2) is 5.29. The molecule has 0 saturated carbocycles. The van der Waals surface area contributed by atoms with Gasteiger partial charge in [0.25, 0.3) is 0 Å². The highest BCUT2D eigenvalue weighted by Gasteiger charge is 2.12. The van der Waals surface area contributed by atoms with Gasteiger partial charge < -0.3 is 0 Å². The Morgan fingerprint density at radius 3 is 2.15 bits per heavy atom. The van der Waals surface area contributed by atoms with Crippen molar-refractivity contribution in [3.8, 4) is 0 Å². The van der Waals surface area contributed by atoms with E-state index < -0.39 is 0 Å². The summed E-state index contributed by atoms with van der Waals surface area (Å²) in [5.74, 6) is 0. The Balaban J connectivity index is 1.58. The third kappa shape index (κ3) is 2.19. The van der Waals surface area contributed by atoms with Crippen molar-refractivity contribution in [2.45, 2.75) is 13.3 Å². The van der Waals surface area contributed by atoms with Gasteiger partial charge in [0, 0.05) is 14.3 Å². The fourth-order valence-electron chi connectivity index (χ4n) is 3.99. The molecule has 26 heavy (non-hydrogen) atoms. The minimum absolute atomic E-state index is 1.09. The van der Waals surface area contributed by atoms with E-state index in [4.69, 9.17) is 0 Å². The van der Waals surface area contributed by atoms with Crippen molar-refractivity contribution >= 4 is 70.0 Å². The van der Waals surface area contributed by atoms with Crippen molar-refractivity contribution in [3.05, 3.63) is 76.5 Å². The van der Waals surface area contributed by atoms with Gasteiger partial charge in [-0.3, -0.25) is 0 Å². The Morgan fingerprint density at radius 2 is 1.38 bits per heavy atom. The second-order valence-corrected chi connectivity index (χ2v) is 9.27. The van der Waals surface area contributed by atoms with Crippen molar-refractivity contribution in [1.82, 2.24) is 0 Å². The summed E-state index contributed by atoms with van der Waals surface area (Å²) >= 11 is 3.74. The molecule has 1 aliphatic carbocycles. The summed E-state index contributed by atoms with van der Waals surface area (Å²) in [7, 11) is 0. The van der Waals surface area contributed by atoms with Gasteiger partial charge in [0.1, 0.15) is 0 Å². The lowest BCUT2D eigenvalue weighted by Gasteiger charge is -2.04. The van der Waals surface area contributed by atoms with Gasteiger partial charge in [-0.2, -0.15) is 0 Å². The van der Waals surface area contributed by atoms with Gasteiger partial charge in [-0.05, 0) is 105 Å². The van der Waals surface area contributed by atoms with Crippen LogP contribution < -0.4 is 0 Å². The van der Waals surface area contributed by atoms with Gasteiger partial charge in [-0.1, -0.05) is 17.7 Å². The predicted molar refractivity (Wildman–Crippen MR) is 119 cm³/mol. The molecule has 2 aromatic heterocycles. The van der Waals surface area contributed by atoms with Gasteiger partial charge in [0.05, 0.1) is 0 Å². The molecule has 0 fully saturated rings. The van der Waals surface area contributed by atoms with E-state index in [2.05, 4.69) is 73.0 Å². The van der Waals surface area contributed by atoms with E-state index >= 15 is 0 Å². The van der Waals surface area contributed by atoms with Crippen LogP contribution in [0.15, 0.2) is 71.6 Å². The molecule has 0 radical (unpaired) electrons. The summed E-state index contributed by atoms with van der Waals surface area (Å²) in [4.78, 5) is 1.41. The Morgan fingerprint density at radius 1 is 0.692 bits per heavy atom. The summed E-state index contributed by atoms with van der Waals surface area (Å²) in [5, 5.41) is 10.2. The molecule has 0 N–H and O–H groups in total. The zero-order chi connectivity index (χ0) is 17.3. The monoisotopic (exact) mass is 368 g/mol. The smallest absolute Gasteiger partial charge is 0.0355 e. The fourth-order valence-corrected chi connectivity index (χ4v) is 5.92. The van der Waals surface area contributed by atoms with Crippen LogP contribution in [-0.4, -0.2) is 0 Å². The number of fused-ring (bicyclic) bond motifs is 4. The SMILES string of the molecule is CC1=CC=C(c2cc3cc4cc5cc6sccc6cc5cc4cc3s2)C1. The minimum atomic E-state index is 1.09. The standard InChI is InChI=1S/C24H16S2/c1-14-2-3-15(6-14)23-13-21-10-18-9-19-11-22-16(4-5-25-22)7-17(19)8-20(18)12-24(21)26-23/h2-5,7-13H,6H2,1H3. The molecule has 5 aromatic rings. The third-order valence-electron chi connectivity index (χ3n) is 5.36. The van der Waals surface area contributed by atoms with E-state index in [-0.39, 0.29) is 0 Å². The highest BCUT2D eigenvalue weighted by atomic mass is 32.1. The highest BCUT2D eigenvalue weighted by molar-refractivity contribution is 7.20. The first kappa shape index (κ1) is 14.7. The maximum absolute atomic E-state index is 2.37. The topological polar surface area (TPSA) is 0 Å². The first-order valence-corrected chi connectivity index (χ1v) is 10.6. The third-order valence-corrected chi connectivity index (χ3v) is 7.41. The Hall–Kier alpha value is -2.42. The van der Waals surface area contributed by atoms with Gasteiger partial charge in [-0.15, -0.1) is 22.7 Å². The largest absolute Gasteiger partial charge is 0.144 e. The number of hydrogen-bond acceptors (Lipinski definition) is 2. The van der Waals surface area contributed by atoms with Crippen LogP contribution in [0.5, 0.6) is 0 Å². The number of benzene rings is 3. The maximum atomic E-state index is 2.37. The van der Waals surface area contributed by atoms with E-state index in [0.29, 0.717) is 0 Å². The molecule has 3 aromatic carbocycles. The molecule has 0 atom stereocenters. The van der Waals surface area contributed by atoms with E-state index in [1.165, 1.54) is 57.7 Å². The lowest BCUT2D eigenvalue weighted by atomic mass is 10.0. The molecule has 124 valence electrons. The van der Waals surface area contributed by atoms with Crippen LogP contribution in [0, 0.1) is 0 Å². The molecule has 0 bridgehead atoms. The molecule has 2 heterocycles. The molecule has 6 rings (SSSR count). The van der Waals surface area contributed by atoms with Gasteiger partial charge in [0.15, 0.2) is 0 Å². The van der Waals surface area contributed by atoms with Crippen molar-refractivity contribution in [2.75, 3.05) is 0 Å². The van der Waals surface area contributed by atoms with Crippen LogP contribution in [0.25, 0.3) is 47.3 Å². The fraction of sp³-hybridized carbons (Fsp3) is 0.0833. The quantitative estimate of drug-likeness (QED) is 0.262. The number of hydrogen-bond donors (Lipinski definition) is 0. The number of rotatable bonds is 1. The first-order valence-electron chi connectivity index (χ1n) is 8.88. The highest BCUT2D eigenvalue weighted by Crippen LogP contribution is 2.38. The van der Waals surface area contributed by atoms with Crippen LogP contribution in [0.4, 0.5) is 0 Å². The minimum Gasteiger partial charge on any atom is -0.144 e. The van der Waals surface area contributed by atoms with Gasteiger partial charge in [0.2, 0.25) is 0 Å².